The second-order valence-corrected chi connectivity index (χ2v) is 9.29. The summed E-state index contributed by atoms with van der Waals surface area (Å²) in [5.41, 5.74) is 1.87. The van der Waals surface area contributed by atoms with Crippen LogP contribution in [0.5, 0.6) is 0 Å². The summed E-state index contributed by atoms with van der Waals surface area (Å²) in [6.07, 6.45) is 13.5. The first-order valence-electron chi connectivity index (χ1n) is 9.26. The zero-order chi connectivity index (χ0) is 15.6. The number of hydrogen-bond donors (Lipinski definition) is 1. The van der Waals surface area contributed by atoms with Gasteiger partial charge in [0.25, 0.3) is 0 Å². The highest BCUT2D eigenvalue weighted by Gasteiger charge is 2.62. The van der Waals surface area contributed by atoms with Gasteiger partial charge < -0.3 is 5.11 Å². The first-order chi connectivity index (χ1) is 10.5. The zero-order valence-electron chi connectivity index (χ0n) is 14.1. The van der Waals surface area contributed by atoms with Gasteiger partial charge in [-0.1, -0.05) is 26.3 Å². The number of hydrogen-bond acceptors (Lipinski definition) is 2. The minimum atomic E-state index is 0.112. The summed E-state index contributed by atoms with van der Waals surface area (Å²) < 4.78 is 0. The minimum Gasteiger partial charge on any atom is -0.396 e. The first kappa shape index (κ1) is 14.9. The third kappa shape index (κ3) is 1.74. The molecule has 0 aromatic carbocycles. The number of aldehydes is 1. The molecule has 3 saturated carbocycles. The maximum Gasteiger partial charge on any atom is 0.146 e. The Balaban J connectivity index is 1.75. The average Bonchev–Trinajstić information content (AvgIpc) is 2.77. The maximum atomic E-state index is 11.4. The van der Waals surface area contributed by atoms with Crippen molar-refractivity contribution in [2.75, 3.05) is 6.61 Å². The molecule has 0 unspecified atom stereocenters. The number of allylic oxidation sites excluding steroid dienone is 2. The highest BCUT2D eigenvalue weighted by molar-refractivity contribution is 5.75. The molecule has 2 bridgehead atoms. The van der Waals surface area contributed by atoms with Crippen molar-refractivity contribution < 1.29 is 9.90 Å². The van der Waals surface area contributed by atoms with Gasteiger partial charge in [-0.2, -0.15) is 0 Å². The molecule has 4 aliphatic carbocycles. The van der Waals surface area contributed by atoms with Crippen LogP contribution in [-0.4, -0.2) is 18.0 Å². The molecule has 2 heteroatoms. The molecule has 3 fully saturated rings. The van der Waals surface area contributed by atoms with Crippen LogP contribution in [0.15, 0.2) is 11.6 Å². The molecule has 0 amide bonds. The van der Waals surface area contributed by atoms with Crippen LogP contribution in [0.2, 0.25) is 0 Å². The van der Waals surface area contributed by atoms with Crippen LogP contribution in [0.1, 0.15) is 65.2 Å². The fraction of sp³-hybridized carbons (Fsp3) is 0.850. The van der Waals surface area contributed by atoms with E-state index in [-0.39, 0.29) is 5.41 Å². The van der Waals surface area contributed by atoms with E-state index in [1.807, 2.05) is 0 Å². The van der Waals surface area contributed by atoms with Gasteiger partial charge in [0.2, 0.25) is 0 Å². The smallest absolute Gasteiger partial charge is 0.146 e. The van der Waals surface area contributed by atoms with Crippen LogP contribution in [0, 0.1) is 34.0 Å². The minimum absolute atomic E-state index is 0.112. The monoisotopic (exact) mass is 302 g/mol. The van der Waals surface area contributed by atoms with Gasteiger partial charge in [0.05, 0.1) is 0 Å². The lowest BCUT2D eigenvalue weighted by molar-refractivity contribution is -0.149. The largest absolute Gasteiger partial charge is 0.396 e. The summed E-state index contributed by atoms with van der Waals surface area (Å²) >= 11 is 0. The van der Waals surface area contributed by atoms with Crippen LogP contribution in [-0.2, 0) is 4.79 Å². The molecule has 22 heavy (non-hydrogen) atoms. The molecule has 0 radical (unpaired) electrons. The van der Waals surface area contributed by atoms with Crippen molar-refractivity contribution in [2.24, 2.45) is 34.0 Å². The Labute approximate surface area is 134 Å². The van der Waals surface area contributed by atoms with Gasteiger partial charge in [0, 0.05) is 6.61 Å². The molecule has 0 aromatic rings. The Morgan fingerprint density at radius 1 is 1.18 bits per heavy atom. The van der Waals surface area contributed by atoms with E-state index in [4.69, 9.17) is 0 Å². The molecular weight excluding hydrogens is 272 g/mol. The lowest BCUT2D eigenvalue weighted by atomic mass is 9.41. The van der Waals surface area contributed by atoms with Crippen molar-refractivity contribution in [2.45, 2.75) is 65.2 Å². The Morgan fingerprint density at radius 2 is 2.00 bits per heavy atom. The lowest BCUT2D eigenvalue weighted by Crippen LogP contribution is -2.57. The van der Waals surface area contributed by atoms with Gasteiger partial charge in [-0.15, -0.1) is 0 Å². The van der Waals surface area contributed by atoms with Crippen LogP contribution in [0.25, 0.3) is 0 Å². The molecule has 4 rings (SSSR count). The second-order valence-electron chi connectivity index (χ2n) is 9.29. The molecule has 2 nitrogen and oxygen atoms in total. The van der Waals surface area contributed by atoms with E-state index in [1.54, 1.807) is 0 Å². The molecular formula is C20H30O2. The molecule has 0 aromatic heterocycles. The van der Waals surface area contributed by atoms with E-state index in [0.717, 1.165) is 17.8 Å². The fourth-order valence-corrected chi connectivity index (χ4v) is 7.43. The van der Waals surface area contributed by atoms with Crippen molar-refractivity contribution in [3.63, 3.8) is 0 Å². The average molecular weight is 302 g/mol. The zero-order valence-corrected chi connectivity index (χ0v) is 14.1. The molecule has 4 aliphatic rings. The van der Waals surface area contributed by atoms with Crippen molar-refractivity contribution in [1.29, 1.82) is 0 Å². The van der Waals surface area contributed by atoms with Gasteiger partial charge in [0.1, 0.15) is 6.29 Å². The predicted octanol–water partition coefficient (Wildman–Crippen LogP) is 4.13. The van der Waals surface area contributed by atoms with Crippen molar-refractivity contribution in [1.82, 2.24) is 0 Å². The summed E-state index contributed by atoms with van der Waals surface area (Å²) in [5, 5.41) is 10.1. The van der Waals surface area contributed by atoms with E-state index >= 15 is 0 Å². The van der Waals surface area contributed by atoms with Gasteiger partial charge in [-0.25, -0.2) is 0 Å². The Bertz CT molecular complexity index is 524. The second kappa shape index (κ2) is 4.69. The van der Waals surface area contributed by atoms with E-state index in [9.17, 15) is 9.90 Å². The molecule has 1 spiro atoms. The van der Waals surface area contributed by atoms with Gasteiger partial charge in [-0.05, 0) is 84.5 Å². The summed E-state index contributed by atoms with van der Waals surface area (Å²) in [7, 11) is 0. The Kier molecular flexibility index (Phi) is 3.18. The van der Waals surface area contributed by atoms with E-state index in [2.05, 4.69) is 19.9 Å². The van der Waals surface area contributed by atoms with Crippen molar-refractivity contribution in [3.8, 4) is 0 Å². The molecule has 0 saturated heterocycles. The van der Waals surface area contributed by atoms with Crippen LogP contribution in [0.3, 0.4) is 0 Å². The molecule has 0 heterocycles. The standard InChI is InChI=1S/C20H30O2/c1-18(13-22)7-3-8-19(2)16(18)6-9-20-10-14(4-5-17(19)20)15(11-20)12-21/h11-12,14,16-17,22H,3-10,13H2,1-2H3/t14-,16-,17+,18+,19-,20-/m1/s1. The number of aliphatic hydroxyl groups is 1. The van der Waals surface area contributed by atoms with Crippen LogP contribution >= 0.6 is 0 Å². The summed E-state index contributed by atoms with van der Waals surface area (Å²) in [6, 6.07) is 0. The number of rotatable bonds is 2. The van der Waals surface area contributed by atoms with Crippen LogP contribution in [0.4, 0.5) is 0 Å². The summed E-state index contributed by atoms with van der Waals surface area (Å²) in [5.74, 6) is 1.92. The highest BCUT2D eigenvalue weighted by atomic mass is 16.3. The van der Waals surface area contributed by atoms with E-state index in [1.165, 1.54) is 51.4 Å². The molecule has 122 valence electrons. The molecule has 0 aliphatic heterocycles. The quantitative estimate of drug-likeness (QED) is 0.779. The number of fused-ring (bicyclic) bond motifs is 3. The van der Waals surface area contributed by atoms with E-state index < -0.39 is 0 Å². The maximum absolute atomic E-state index is 11.4. The molecule has 1 N–H and O–H groups in total. The van der Waals surface area contributed by atoms with E-state index in [0.29, 0.717) is 29.3 Å². The van der Waals surface area contributed by atoms with Crippen molar-refractivity contribution in [3.05, 3.63) is 11.6 Å². The van der Waals surface area contributed by atoms with Gasteiger partial charge in [-0.3, -0.25) is 4.79 Å². The number of carbonyl (C=O) groups is 1. The van der Waals surface area contributed by atoms with Crippen LogP contribution < -0.4 is 0 Å². The highest BCUT2D eigenvalue weighted by Crippen LogP contribution is 2.70. The van der Waals surface area contributed by atoms with Gasteiger partial charge >= 0.3 is 0 Å². The Morgan fingerprint density at radius 3 is 2.73 bits per heavy atom. The third-order valence-electron chi connectivity index (χ3n) is 8.34. The lowest BCUT2D eigenvalue weighted by Gasteiger charge is -2.64. The first-order valence-corrected chi connectivity index (χ1v) is 9.26. The SMILES string of the molecule is C[C@@]1(CO)CCC[C@]2(C)[C@@H]1CC[C@@]13C=C(C=O)[C@H](CC[C@H]12)C3. The Hall–Kier alpha value is -0.630. The number of carbonyl (C=O) groups excluding carboxylic acids is 1. The molecule has 6 atom stereocenters. The van der Waals surface area contributed by atoms with Crippen molar-refractivity contribution >= 4 is 6.29 Å². The fourth-order valence-electron chi connectivity index (χ4n) is 7.43. The summed E-state index contributed by atoms with van der Waals surface area (Å²) in [6.45, 7) is 5.18. The normalized spacial score (nSPS) is 53.4. The topological polar surface area (TPSA) is 37.3 Å². The summed E-state index contributed by atoms with van der Waals surface area (Å²) in [4.78, 5) is 11.4. The number of aliphatic hydroxyl groups excluding tert-OH is 1. The van der Waals surface area contributed by atoms with Gasteiger partial charge in [0.15, 0.2) is 0 Å². The third-order valence-corrected chi connectivity index (χ3v) is 8.34. The predicted molar refractivity (Wildman–Crippen MR) is 87.3 cm³/mol.